The topological polar surface area (TPSA) is 84.9 Å². The number of nitrogens with one attached hydrogen (secondary N) is 1. The summed E-state index contributed by atoms with van der Waals surface area (Å²) in [5.74, 6) is 0.113. The minimum absolute atomic E-state index is 0.0717. The van der Waals surface area contributed by atoms with Crippen molar-refractivity contribution >= 4 is 39.1 Å². The lowest BCUT2D eigenvalue weighted by molar-refractivity contribution is -0.121. The predicted octanol–water partition coefficient (Wildman–Crippen LogP) is 2.71. The molecular weight excluding hydrogens is 427 g/mol. The molecule has 1 N–H and O–H groups in total. The highest BCUT2D eigenvalue weighted by Crippen LogP contribution is 2.31. The fraction of sp³-hybridized carbons (Fsp3) is 0.611. The van der Waals surface area contributed by atoms with E-state index in [4.69, 9.17) is 32.7 Å². The van der Waals surface area contributed by atoms with Crippen LogP contribution in [0.3, 0.4) is 0 Å². The Morgan fingerprint density at radius 3 is 2.64 bits per heavy atom. The number of ether oxygens (including phenoxy) is 2. The van der Waals surface area contributed by atoms with Gasteiger partial charge in [-0.1, -0.05) is 29.3 Å². The third kappa shape index (κ3) is 7.08. The maximum atomic E-state index is 12.4. The molecule has 2 rings (SSSR count). The Labute approximate surface area is 176 Å². The van der Waals surface area contributed by atoms with Crippen LogP contribution in [0.4, 0.5) is 0 Å². The molecule has 0 bridgehead atoms. The number of hydrogen-bond donors (Lipinski definition) is 1. The molecule has 0 spiro atoms. The molecule has 1 aliphatic rings. The zero-order valence-electron chi connectivity index (χ0n) is 16.0. The van der Waals surface area contributed by atoms with Crippen LogP contribution in [0.2, 0.25) is 10.0 Å². The number of carbonyl (C=O) groups excluding carboxylic acids is 1. The summed E-state index contributed by atoms with van der Waals surface area (Å²) in [5.41, 5.74) is 0. The van der Waals surface area contributed by atoms with Crippen LogP contribution in [0.1, 0.15) is 26.7 Å². The highest BCUT2D eigenvalue weighted by Gasteiger charge is 2.30. The fourth-order valence-corrected chi connectivity index (χ4v) is 4.74. The van der Waals surface area contributed by atoms with Crippen LogP contribution in [0.5, 0.6) is 5.75 Å². The average molecular weight is 453 g/mol. The number of amides is 1. The molecule has 28 heavy (non-hydrogen) atoms. The molecule has 0 aromatic heterocycles. The number of carbonyl (C=O) groups is 1. The number of benzene rings is 1. The summed E-state index contributed by atoms with van der Waals surface area (Å²) in [6.45, 7) is 4.74. The van der Waals surface area contributed by atoms with E-state index >= 15 is 0 Å². The second-order valence-electron chi connectivity index (χ2n) is 6.74. The predicted molar refractivity (Wildman–Crippen MR) is 110 cm³/mol. The summed E-state index contributed by atoms with van der Waals surface area (Å²) in [7, 11) is -3.43. The summed E-state index contributed by atoms with van der Waals surface area (Å²) in [5, 5.41) is 3.38. The summed E-state index contributed by atoms with van der Waals surface area (Å²) < 4.78 is 37.3. The third-order valence-electron chi connectivity index (χ3n) is 4.18. The fourth-order valence-electron chi connectivity index (χ4n) is 2.91. The molecule has 1 aromatic rings. The van der Waals surface area contributed by atoms with Crippen LogP contribution < -0.4 is 10.1 Å². The second kappa shape index (κ2) is 10.6. The van der Waals surface area contributed by atoms with Gasteiger partial charge >= 0.3 is 0 Å². The van der Waals surface area contributed by atoms with Crippen molar-refractivity contribution in [1.82, 2.24) is 9.62 Å². The van der Waals surface area contributed by atoms with Crippen molar-refractivity contribution in [2.75, 3.05) is 32.0 Å². The molecule has 1 aromatic carbocycles. The number of sulfonamides is 1. The van der Waals surface area contributed by atoms with Crippen LogP contribution in [-0.4, -0.2) is 62.8 Å². The van der Waals surface area contributed by atoms with Gasteiger partial charge in [-0.25, -0.2) is 8.42 Å². The molecular formula is C18H26Cl2N2O5S. The minimum atomic E-state index is -3.43. The summed E-state index contributed by atoms with van der Waals surface area (Å²) in [6, 6.07) is 5.09. The monoisotopic (exact) mass is 452 g/mol. The van der Waals surface area contributed by atoms with E-state index in [1.54, 1.807) is 18.2 Å². The van der Waals surface area contributed by atoms with E-state index in [0.29, 0.717) is 41.9 Å². The normalized spacial score (nSPS) is 20.7. The summed E-state index contributed by atoms with van der Waals surface area (Å²) in [4.78, 5) is 11.9. The molecule has 0 saturated carbocycles. The van der Waals surface area contributed by atoms with Crippen molar-refractivity contribution in [2.24, 2.45) is 0 Å². The van der Waals surface area contributed by atoms with Crippen LogP contribution in [0, 0.1) is 0 Å². The van der Waals surface area contributed by atoms with Crippen molar-refractivity contribution in [1.29, 1.82) is 0 Å². The molecule has 0 aliphatic carbocycles. The van der Waals surface area contributed by atoms with Crippen LogP contribution in [-0.2, 0) is 19.6 Å². The van der Waals surface area contributed by atoms with Gasteiger partial charge in [-0.15, -0.1) is 0 Å². The number of hydrogen-bond acceptors (Lipinski definition) is 5. The van der Waals surface area contributed by atoms with Crippen molar-refractivity contribution in [3.63, 3.8) is 0 Å². The van der Waals surface area contributed by atoms with Crippen molar-refractivity contribution in [3.8, 4) is 5.75 Å². The highest BCUT2D eigenvalue weighted by atomic mass is 35.5. The van der Waals surface area contributed by atoms with Gasteiger partial charge in [-0.3, -0.25) is 4.79 Å². The largest absolute Gasteiger partial charge is 0.492 e. The molecule has 0 radical (unpaired) electrons. The number of halogens is 2. The molecule has 158 valence electrons. The molecule has 1 saturated heterocycles. The second-order valence-corrected chi connectivity index (χ2v) is 9.62. The first-order valence-corrected chi connectivity index (χ1v) is 11.5. The van der Waals surface area contributed by atoms with Gasteiger partial charge in [-0.05, 0) is 32.4 Å². The first-order valence-electron chi connectivity index (χ1n) is 9.16. The first-order chi connectivity index (χ1) is 13.2. The Kier molecular flexibility index (Phi) is 8.82. The van der Waals surface area contributed by atoms with Gasteiger partial charge in [0.2, 0.25) is 15.9 Å². The van der Waals surface area contributed by atoms with Gasteiger partial charge in [0.05, 0.1) is 29.6 Å². The van der Waals surface area contributed by atoms with Crippen molar-refractivity contribution in [3.05, 3.63) is 28.2 Å². The van der Waals surface area contributed by atoms with E-state index < -0.39 is 10.0 Å². The summed E-state index contributed by atoms with van der Waals surface area (Å²) >= 11 is 11.9. The number of morpholine rings is 1. The van der Waals surface area contributed by atoms with E-state index in [9.17, 15) is 13.2 Å². The van der Waals surface area contributed by atoms with Gasteiger partial charge in [0.25, 0.3) is 0 Å². The molecule has 1 aliphatic heterocycles. The quantitative estimate of drug-likeness (QED) is 0.582. The molecule has 1 amide bonds. The molecule has 2 unspecified atom stereocenters. The van der Waals surface area contributed by atoms with Gasteiger partial charge in [0, 0.05) is 26.1 Å². The smallest absolute Gasteiger partial charge is 0.220 e. The van der Waals surface area contributed by atoms with E-state index in [0.717, 1.165) is 0 Å². The lowest BCUT2D eigenvalue weighted by Crippen LogP contribution is -2.49. The number of nitrogens with zero attached hydrogens (tertiary/aromatic N) is 1. The SMILES string of the molecule is CC1CN(S(=O)(=O)CCNC(=O)CCCOc2cccc(Cl)c2Cl)CC(C)O1. The van der Waals surface area contributed by atoms with Gasteiger partial charge in [-0.2, -0.15) is 4.31 Å². The Hall–Kier alpha value is -1.06. The molecule has 7 nitrogen and oxygen atoms in total. The van der Waals surface area contributed by atoms with E-state index in [-0.39, 0.29) is 36.8 Å². The standard InChI is InChI=1S/C18H26Cl2N2O5S/c1-13-11-22(12-14(2)27-13)28(24,25)10-8-21-17(23)7-4-9-26-16-6-3-5-15(19)18(16)20/h3,5-6,13-14H,4,7-12H2,1-2H3,(H,21,23). The number of rotatable bonds is 9. The van der Waals surface area contributed by atoms with Crippen molar-refractivity contribution < 1.29 is 22.7 Å². The lowest BCUT2D eigenvalue weighted by Gasteiger charge is -2.34. The maximum Gasteiger partial charge on any atom is 0.220 e. The van der Waals surface area contributed by atoms with Crippen molar-refractivity contribution in [2.45, 2.75) is 38.9 Å². The zero-order chi connectivity index (χ0) is 20.7. The van der Waals surface area contributed by atoms with Gasteiger partial charge < -0.3 is 14.8 Å². The minimum Gasteiger partial charge on any atom is -0.492 e. The average Bonchev–Trinajstić information content (AvgIpc) is 2.61. The molecule has 2 atom stereocenters. The van der Waals surface area contributed by atoms with E-state index in [2.05, 4.69) is 5.32 Å². The Balaban J connectivity index is 1.66. The molecule has 1 heterocycles. The van der Waals surface area contributed by atoms with E-state index in [1.165, 1.54) is 4.31 Å². The van der Waals surface area contributed by atoms with Gasteiger partial charge in [0.15, 0.2) is 0 Å². The maximum absolute atomic E-state index is 12.4. The Bertz CT molecular complexity index is 765. The molecule has 1 fully saturated rings. The van der Waals surface area contributed by atoms with Crippen LogP contribution >= 0.6 is 23.2 Å². The zero-order valence-corrected chi connectivity index (χ0v) is 18.3. The Morgan fingerprint density at radius 1 is 1.29 bits per heavy atom. The highest BCUT2D eigenvalue weighted by molar-refractivity contribution is 7.89. The van der Waals surface area contributed by atoms with Crippen LogP contribution in [0.25, 0.3) is 0 Å². The first kappa shape index (κ1) is 23.2. The third-order valence-corrected chi connectivity index (χ3v) is 6.79. The lowest BCUT2D eigenvalue weighted by atomic mass is 10.3. The molecule has 10 heteroatoms. The van der Waals surface area contributed by atoms with Gasteiger partial charge in [0.1, 0.15) is 10.8 Å². The Morgan fingerprint density at radius 2 is 1.96 bits per heavy atom. The van der Waals surface area contributed by atoms with E-state index in [1.807, 2.05) is 13.8 Å². The summed E-state index contributed by atoms with van der Waals surface area (Å²) in [6.07, 6.45) is 0.422. The van der Waals surface area contributed by atoms with Crippen LogP contribution in [0.15, 0.2) is 18.2 Å².